The lowest BCUT2D eigenvalue weighted by Crippen LogP contribution is -2.25. The fourth-order valence-corrected chi connectivity index (χ4v) is 1.66. The molecule has 0 aliphatic heterocycles. The number of hydrazone groups is 1. The number of nitrogens with zero attached hydrogens (tertiary/aromatic N) is 1. The summed E-state index contributed by atoms with van der Waals surface area (Å²) >= 11 is 4.69. The summed E-state index contributed by atoms with van der Waals surface area (Å²) in [6.45, 7) is 4.57. The molecule has 1 aromatic carbocycles. The lowest BCUT2D eigenvalue weighted by Gasteiger charge is -2.11. The molecule has 0 aromatic heterocycles. The minimum Gasteiger partial charge on any atom is -0.508 e. The number of ether oxygens (including phenoxy) is 1. The van der Waals surface area contributed by atoms with E-state index in [1.807, 2.05) is 19.9 Å². The quantitative estimate of drug-likeness (QED) is 0.409. The third kappa shape index (κ3) is 5.88. The van der Waals surface area contributed by atoms with Crippen LogP contribution in [0, 0.1) is 0 Å². The van der Waals surface area contributed by atoms with Gasteiger partial charge in [0.25, 0.3) is 0 Å². The second-order valence-electron chi connectivity index (χ2n) is 4.46. The smallest absolute Gasteiger partial charge is 0.184 e. The van der Waals surface area contributed by atoms with Crippen LogP contribution in [-0.2, 0) is 6.42 Å². The van der Waals surface area contributed by atoms with Crippen molar-refractivity contribution in [1.29, 1.82) is 0 Å². The van der Waals surface area contributed by atoms with E-state index in [1.165, 1.54) is 0 Å². The van der Waals surface area contributed by atoms with E-state index < -0.39 is 0 Å². The molecule has 1 rings (SSSR count). The average Bonchev–Trinajstić information content (AvgIpc) is 2.41. The zero-order chi connectivity index (χ0) is 15.0. The number of benzene rings is 1. The Labute approximate surface area is 124 Å². The van der Waals surface area contributed by atoms with E-state index >= 15 is 0 Å². The largest absolute Gasteiger partial charge is 0.508 e. The van der Waals surface area contributed by atoms with Crippen molar-refractivity contribution in [2.75, 3.05) is 6.61 Å². The first kappa shape index (κ1) is 16.2. The standard InChI is InChI=1S/C14H21N3O2S/c1-3-8-19-13-9-12(18)7-6-11(13)5-4-10(2)16-17-14(15)20/h6-7,9,18H,3-5,8H2,1-2H3,(H3,15,17,20)/b16-10-. The molecular weight excluding hydrogens is 274 g/mol. The van der Waals surface area contributed by atoms with Crippen molar-refractivity contribution in [3.63, 3.8) is 0 Å². The molecule has 4 N–H and O–H groups in total. The van der Waals surface area contributed by atoms with E-state index in [0.29, 0.717) is 6.61 Å². The predicted molar refractivity (Wildman–Crippen MR) is 85.2 cm³/mol. The SMILES string of the molecule is CCCOc1cc(O)ccc1CC/C(C)=N\NC(N)=S. The molecule has 0 amide bonds. The fraction of sp³-hybridized carbons (Fsp3) is 0.429. The van der Waals surface area contributed by atoms with Crippen molar-refractivity contribution >= 4 is 23.0 Å². The highest BCUT2D eigenvalue weighted by Gasteiger charge is 2.06. The predicted octanol–water partition coefficient (Wildman–Crippen LogP) is 2.32. The third-order valence-electron chi connectivity index (χ3n) is 2.63. The van der Waals surface area contributed by atoms with Crippen molar-refractivity contribution in [3.8, 4) is 11.5 Å². The van der Waals surface area contributed by atoms with E-state index in [2.05, 4.69) is 22.7 Å². The molecule has 0 aliphatic carbocycles. The number of phenols is 1. The van der Waals surface area contributed by atoms with Gasteiger partial charge in [0.2, 0.25) is 0 Å². The van der Waals surface area contributed by atoms with Crippen LogP contribution in [0.25, 0.3) is 0 Å². The number of phenolic OH excluding ortho intramolecular Hbond substituents is 1. The van der Waals surface area contributed by atoms with Crippen molar-refractivity contribution in [1.82, 2.24) is 5.43 Å². The number of nitrogens with one attached hydrogen (secondary N) is 1. The van der Waals surface area contributed by atoms with Crippen molar-refractivity contribution in [2.45, 2.75) is 33.1 Å². The fourth-order valence-electron chi connectivity index (χ4n) is 1.62. The summed E-state index contributed by atoms with van der Waals surface area (Å²) < 4.78 is 5.64. The highest BCUT2D eigenvalue weighted by atomic mass is 32.1. The molecule has 20 heavy (non-hydrogen) atoms. The summed E-state index contributed by atoms with van der Waals surface area (Å²) in [6, 6.07) is 5.17. The first-order chi connectivity index (χ1) is 9.52. The molecule has 0 spiro atoms. The Morgan fingerprint density at radius 2 is 2.25 bits per heavy atom. The second kappa shape index (κ2) is 8.37. The summed E-state index contributed by atoms with van der Waals surface area (Å²) in [7, 11) is 0. The maximum atomic E-state index is 9.52. The number of thiocarbonyl (C=S) groups is 1. The van der Waals surface area contributed by atoms with Gasteiger partial charge in [-0.05, 0) is 50.0 Å². The molecule has 0 fully saturated rings. The van der Waals surface area contributed by atoms with Crippen molar-refractivity contribution < 1.29 is 9.84 Å². The van der Waals surface area contributed by atoms with Gasteiger partial charge < -0.3 is 15.6 Å². The molecule has 0 heterocycles. The molecule has 0 bridgehead atoms. The summed E-state index contributed by atoms with van der Waals surface area (Å²) in [5.74, 6) is 0.933. The van der Waals surface area contributed by atoms with Gasteiger partial charge in [0.15, 0.2) is 5.11 Å². The summed E-state index contributed by atoms with van der Waals surface area (Å²) in [5, 5.41) is 13.7. The topological polar surface area (TPSA) is 79.9 Å². The number of hydrogen-bond donors (Lipinski definition) is 3. The van der Waals surface area contributed by atoms with E-state index in [4.69, 9.17) is 10.5 Å². The molecule has 0 saturated heterocycles. The normalized spacial score (nSPS) is 11.2. The molecule has 0 radical (unpaired) electrons. The molecule has 0 atom stereocenters. The van der Waals surface area contributed by atoms with E-state index in [-0.39, 0.29) is 10.9 Å². The van der Waals surface area contributed by atoms with Gasteiger partial charge in [0.05, 0.1) is 6.61 Å². The van der Waals surface area contributed by atoms with Gasteiger partial charge in [-0.25, -0.2) is 0 Å². The van der Waals surface area contributed by atoms with E-state index in [1.54, 1.807) is 12.1 Å². The van der Waals surface area contributed by atoms with Gasteiger partial charge in [-0.3, -0.25) is 5.43 Å². The second-order valence-corrected chi connectivity index (χ2v) is 4.90. The maximum absolute atomic E-state index is 9.52. The lowest BCUT2D eigenvalue weighted by molar-refractivity contribution is 0.312. The third-order valence-corrected chi connectivity index (χ3v) is 2.72. The molecule has 6 heteroatoms. The molecule has 1 aromatic rings. The molecular formula is C14H21N3O2S. The van der Waals surface area contributed by atoms with E-state index in [9.17, 15) is 5.11 Å². The Kier molecular flexibility index (Phi) is 6.79. The molecule has 0 aliphatic rings. The van der Waals surface area contributed by atoms with Crippen LogP contribution >= 0.6 is 12.2 Å². The van der Waals surface area contributed by atoms with Gasteiger partial charge in [0.1, 0.15) is 11.5 Å². The van der Waals surface area contributed by atoms with Crippen LogP contribution in [-0.4, -0.2) is 22.5 Å². The number of aryl methyl sites for hydroxylation is 1. The van der Waals surface area contributed by atoms with Crippen LogP contribution < -0.4 is 15.9 Å². The monoisotopic (exact) mass is 295 g/mol. The number of aromatic hydroxyl groups is 1. The van der Waals surface area contributed by atoms with Gasteiger partial charge in [-0.15, -0.1) is 0 Å². The Balaban J connectivity index is 2.66. The number of rotatable bonds is 7. The zero-order valence-electron chi connectivity index (χ0n) is 11.8. The van der Waals surface area contributed by atoms with E-state index in [0.717, 1.165) is 36.3 Å². The first-order valence-corrected chi connectivity index (χ1v) is 6.97. The van der Waals surface area contributed by atoms with Gasteiger partial charge in [0, 0.05) is 11.8 Å². The number of nitrogens with two attached hydrogens (primary N) is 1. The zero-order valence-corrected chi connectivity index (χ0v) is 12.7. The molecule has 0 saturated carbocycles. The highest BCUT2D eigenvalue weighted by Crippen LogP contribution is 2.25. The molecule has 110 valence electrons. The molecule has 0 unspecified atom stereocenters. The number of hydrogen-bond acceptors (Lipinski definition) is 4. The Bertz CT molecular complexity index is 489. The average molecular weight is 295 g/mol. The van der Waals surface area contributed by atoms with Crippen LogP contribution in [0.2, 0.25) is 0 Å². The first-order valence-electron chi connectivity index (χ1n) is 6.56. The Morgan fingerprint density at radius 3 is 2.90 bits per heavy atom. The van der Waals surface area contributed by atoms with Gasteiger partial charge in [-0.2, -0.15) is 5.10 Å². The van der Waals surface area contributed by atoms with Gasteiger partial charge >= 0.3 is 0 Å². The van der Waals surface area contributed by atoms with Gasteiger partial charge in [-0.1, -0.05) is 13.0 Å². The summed E-state index contributed by atoms with van der Waals surface area (Å²) in [6.07, 6.45) is 2.45. The Morgan fingerprint density at radius 1 is 1.50 bits per heavy atom. The van der Waals surface area contributed by atoms with Crippen LogP contribution in [0.5, 0.6) is 11.5 Å². The summed E-state index contributed by atoms with van der Waals surface area (Å²) in [4.78, 5) is 0. The summed E-state index contributed by atoms with van der Waals surface area (Å²) in [5.41, 5.74) is 9.81. The highest BCUT2D eigenvalue weighted by molar-refractivity contribution is 7.80. The molecule has 5 nitrogen and oxygen atoms in total. The van der Waals surface area contributed by atoms with Crippen LogP contribution in [0.1, 0.15) is 32.3 Å². The van der Waals surface area contributed by atoms with Crippen LogP contribution in [0.4, 0.5) is 0 Å². The lowest BCUT2D eigenvalue weighted by atomic mass is 10.1. The minimum atomic E-state index is 0.154. The van der Waals surface area contributed by atoms with Crippen LogP contribution in [0.3, 0.4) is 0 Å². The van der Waals surface area contributed by atoms with Crippen molar-refractivity contribution in [2.24, 2.45) is 10.8 Å². The Hall–Kier alpha value is -1.82. The van der Waals surface area contributed by atoms with Crippen molar-refractivity contribution in [3.05, 3.63) is 23.8 Å². The maximum Gasteiger partial charge on any atom is 0.184 e. The van der Waals surface area contributed by atoms with Crippen LogP contribution in [0.15, 0.2) is 23.3 Å². The minimum absolute atomic E-state index is 0.154.